The molecule has 1 aliphatic heterocycles. The largest absolute Gasteiger partial charge is 0.398 e. The molecular weight excluding hydrogens is 260 g/mol. The molecule has 0 saturated carbocycles. The summed E-state index contributed by atoms with van der Waals surface area (Å²) in [5.74, 6) is 0. The fourth-order valence-electron chi connectivity index (χ4n) is 2.05. The average molecular weight is 290 g/mol. The van der Waals surface area contributed by atoms with Crippen molar-refractivity contribution in [3.8, 4) is 0 Å². The minimum absolute atomic E-state index is 0.327. The van der Waals surface area contributed by atoms with Gasteiger partial charge in [-0.15, -0.1) is 0 Å². The van der Waals surface area contributed by atoms with E-state index in [1.54, 1.807) is 14.2 Å². The highest BCUT2D eigenvalue weighted by Gasteiger charge is 2.30. The third-order valence-electron chi connectivity index (χ3n) is 3.83. The SMILES string of the molecule is CCCCCC(CC[Si](C)(OC)OC)OCC1CO1. The van der Waals surface area contributed by atoms with Gasteiger partial charge >= 0.3 is 8.56 Å². The van der Waals surface area contributed by atoms with Gasteiger partial charge in [-0.25, -0.2) is 0 Å². The maximum atomic E-state index is 5.98. The van der Waals surface area contributed by atoms with Crippen molar-refractivity contribution in [2.45, 2.75) is 63.8 Å². The van der Waals surface area contributed by atoms with Crippen molar-refractivity contribution in [2.24, 2.45) is 0 Å². The van der Waals surface area contributed by atoms with Gasteiger partial charge < -0.3 is 18.3 Å². The van der Waals surface area contributed by atoms with Gasteiger partial charge in [0.05, 0.1) is 19.3 Å². The van der Waals surface area contributed by atoms with Gasteiger partial charge in [0.15, 0.2) is 0 Å². The number of rotatable bonds is 12. The zero-order valence-corrected chi connectivity index (χ0v) is 13.9. The van der Waals surface area contributed by atoms with Crippen molar-refractivity contribution in [3.05, 3.63) is 0 Å². The quantitative estimate of drug-likeness (QED) is 0.314. The van der Waals surface area contributed by atoms with Crippen LogP contribution in [-0.4, -0.2) is 48.2 Å². The Morgan fingerprint density at radius 1 is 1.21 bits per heavy atom. The van der Waals surface area contributed by atoms with E-state index in [1.165, 1.54) is 19.3 Å². The van der Waals surface area contributed by atoms with Gasteiger partial charge in [-0.1, -0.05) is 26.2 Å². The van der Waals surface area contributed by atoms with Gasteiger partial charge in [-0.2, -0.15) is 0 Å². The van der Waals surface area contributed by atoms with Crippen LogP contribution in [0.1, 0.15) is 39.0 Å². The summed E-state index contributed by atoms with van der Waals surface area (Å²) in [7, 11) is 1.54. The van der Waals surface area contributed by atoms with Crippen molar-refractivity contribution >= 4 is 8.56 Å². The van der Waals surface area contributed by atoms with Crippen LogP contribution < -0.4 is 0 Å². The van der Waals surface area contributed by atoms with Crippen LogP contribution in [0.5, 0.6) is 0 Å². The number of hydrogen-bond acceptors (Lipinski definition) is 4. The molecule has 1 saturated heterocycles. The Morgan fingerprint density at radius 3 is 2.42 bits per heavy atom. The molecule has 0 aromatic rings. The summed E-state index contributed by atoms with van der Waals surface area (Å²) in [6.07, 6.45) is 6.61. The van der Waals surface area contributed by atoms with Crippen molar-refractivity contribution in [2.75, 3.05) is 27.4 Å². The van der Waals surface area contributed by atoms with Crippen molar-refractivity contribution in [1.29, 1.82) is 0 Å². The Kier molecular flexibility index (Phi) is 8.17. The highest BCUT2D eigenvalue weighted by molar-refractivity contribution is 6.65. The molecule has 1 heterocycles. The first-order chi connectivity index (χ1) is 9.13. The summed E-state index contributed by atoms with van der Waals surface area (Å²) in [6.45, 7) is 5.95. The van der Waals surface area contributed by atoms with Crippen LogP contribution in [0.25, 0.3) is 0 Å². The lowest BCUT2D eigenvalue weighted by Gasteiger charge is -2.25. The summed E-state index contributed by atoms with van der Waals surface area (Å²) in [4.78, 5) is 0. The van der Waals surface area contributed by atoms with Crippen LogP contribution in [0.15, 0.2) is 0 Å². The Hall–Kier alpha value is 0.0569. The van der Waals surface area contributed by atoms with E-state index in [4.69, 9.17) is 18.3 Å². The molecular formula is C14H30O4Si. The van der Waals surface area contributed by atoms with Gasteiger partial charge in [0.25, 0.3) is 0 Å². The molecule has 0 aromatic carbocycles. The molecule has 2 atom stereocenters. The lowest BCUT2D eigenvalue weighted by molar-refractivity contribution is 0.0318. The van der Waals surface area contributed by atoms with Crippen LogP contribution in [0.2, 0.25) is 12.6 Å². The molecule has 0 aliphatic carbocycles. The smallest absolute Gasteiger partial charge is 0.334 e. The summed E-state index contributed by atoms with van der Waals surface area (Å²) in [5.41, 5.74) is 0. The van der Waals surface area contributed by atoms with E-state index in [2.05, 4.69) is 13.5 Å². The second-order valence-electron chi connectivity index (χ2n) is 5.49. The molecule has 5 heteroatoms. The Labute approximate surface area is 119 Å². The molecule has 19 heavy (non-hydrogen) atoms. The van der Waals surface area contributed by atoms with Gasteiger partial charge in [-0.05, 0) is 25.4 Å². The number of epoxide rings is 1. The van der Waals surface area contributed by atoms with Crippen LogP contribution in [0, 0.1) is 0 Å². The molecule has 0 amide bonds. The fraction of sp³-hybridized carbons (Fsp3) is 1.00. The van der Waals surface area contributed by atoms with E-state index in [0.717, 1.165) is 32.1 Å². The molecule has 1 fully saturated rings. The first-order valence-electron chi connectivity index (χ1n) is 7.47. The number of ether oxygens (including phenoxy) is 2. The first-order valence-corrected chi connectivity index (χ1v) is 9.99. The average Bonchev–Trinajstić information content (AvgIpc) is 3.25. The molecule has 2 unspecified atom stereocenters. The first kappa shape index (κ1) is 17.1. The third kappa shape index (κ3) is 7.42. The maximum Gasteiger partial charge on any atom is 0.334 e. The summed E-state index contributed by atoms with van der Waals surface area (Å²) >= 11 is 0. The minimum Gasteiger partial charge on any atom is -0.398 e. The van der Waals surface area contributed by atoms with E-state index in [-0.39, 0.29) is 0 Å². The lowest BCUT2D eigenvalue weighted by Crippen LogP contribution is -2.37. The summed E-state index contributed by atoms with van der Waals surface area (Å²) < 4.78 is 22.3. The standard InChI is InChI=1S/C14H30O4Si/c1-5-6-7-8-13(17-11-14-12-18-14)9-10-19(4,15-2)16-3/h13-14H,5-12H2,1-4H3. The molecule has 4 nitrogen and oxygen atoms in total. The van der Waals surface area contributed by atoms with Crippen LogP contribution in [-0.2, 0) is 18.3 Å². The highest BCUT2D eigenvalue weighted by Crippen LogP contribution is 2.21. The van der Waals surface area contributed by atoms with Crippen molar-refractivity contribution < 1.29 is 18.3 Å². The summed E-state index contributed by atoms with van der Waals surface area (Å²) in [5, 5.41) is 0. The fourth-order valence-corrected chi connectivity index (χ4v) is 3.47. The molecule has 0 radical (unpaired) electrons. The predicted octanol–water partition coefficient (Wildman–Crippen LogP) is 3.11. The topological polar surface area (TPSA) is 40.2 Å². The predicted molar refractivity (Wildman–Crippen MR) is 78.7 cm³/mol. The van der Waals surface area contributed by atoms with Crippen LogP contribution in [0.4, 0.5) is 0 Å². The lowest BCUT2D eigenvalue weighted by atomic mass is 10.1. The second kappa shape index (κ2) is 9.08. The Morgan fingerprint density at radius 2 is 1.89 bits per heavy atom. The molecule has 0 spiro atoms. The summed E-state index contributed by atoms with van der Waals surface area (Å²) in [6, 6.07) is 0.988. The Balaban J connectivity index is 2.28. The molecule has 0 N–H and O–H groups in total. The second-order valence-corrected chi connectivity index (χ2v) is 9.07. The minimum atomic E-state index is -1.96. The van der Waals surface area contributed by atoms with Gasteiger partial charge in [0.1, 0.15) is 6.10 Å². The molecule has 114 valence electrons. The van der Waals surface area contributed by atoms with Gasteiger partial charge in [0, 0.05) is 14.2 Å². The molecule has 1 rings (SSSR count). The van der Waals surface area contributed by atoms with E-state index in [9.17, 15) is 0 Å². The molecule has 1 aliphatic rings. The van der Waals surface area contributed by atoms with Gasteiger partial charge in [-0.3, -0.25) is 0 Å². The van der Waals surface area contributed by atoms with Crippen LogP contribution in [0.3, 0.4) is 0 Å². The van der Waals surface area contributed by atoms with Crippen molar-refractivity contribution in [3.63, 3.8) is 0 Å². The third-order valence-corrected chi connectivity index (χ3v) is 6.76. The normalized spacial score (nSPS) is 20.5. The highest BCUT2D eigenvalue weighted by atomic mass is 28.4. The maximum absolute atomic E-state index is 5.98. The number of unbranched alkanes of at least 4 members (excludes halogenated alkanes) is 2. The zero-order valence-electron chi connectivity index (χ0n) is 12.9. The zero-order chi connectivity index (χ0) is 14.1. The van der Waals surface area contributed by atoms with Crippen LogP contribution >= 0.6 is 0 Å². The molecule has 0 bridgehead atoms. The molecule has 0 aromatic heterocycles. The van der Waals surface area contributed by atoms with E-state index < -0.39 is 8.56 Å². The number of hydrogen-bond donors (Lipinski definition) is 0. The van der Waals surface area contributed by atoms with E-state index in [0.29, 0.717) is 12.2 Å². The van der Waals surface area contributed by atoms with Crippen molar-refractivity contribution in [1.82, 2.24) is 0 Å². The van der Waals surface area contributed by atoms with E-state index >= 15 is 0 Å². The Bertz CT molecular complexity index is 229. The van der Waals surface area contributed by atoms with Gasteiger partial charge in [0.2, 0.25) is 0 Å². The monoisotopic (exact) mass is 290 g/mol. The van der Waals surface area contributed by atoms with E-state index in [1.807, 2.05) is 0 Å².